The van der Waals surface area contributed by atoms with Crippen molar-refractivity contribution >= 4 is 36.5 Å². The minimum atomic E-state index is -0.446. The minimum Gasteiger partial charge on any atom is -0.369 e. The van der Waals surface area contributed by atoms with Crippen molar-refractivity contribution in [3.8, 4) is 11.4 Å². The number of H-pyrrole nitrogens is 1. The van der Waals surface area contributed by atoms with Crippen LogP contribution in [0.4, 0.5) is 5.82 Å². The summed E-state index contributed by atoms with van der Waals surface area (Å²) in [5.41, 5.74) is 9.89. The number of rotatable bonds is 6. The van der Waals surface area contributed by atoms with E-state index < -0.39 is 5.91 Å². The number of anilines is 1. The first-order chi connectivity index (χ1) is 13.2. The smallest absolute Gasteiger partial charge is 0.248 e. The summed E-state index contributed by atoms with van der Waals surface area (Å²) in [4.78, 5) is 27.9. The second-order valence-electron chi connectivity index (χ2n) is 6.44. The highest BCUT2D eigenvalue weighted by Gasteiger charge is 2.18. The minimum absolute atomic E-state index is 0. The Balaban J connectivity index is 0.00000150. The molecule has 1 amide bonds. The van der Waals surface area contributed by atoms with Gasteiger partial charge in [0, 0.05) is 48.1 Å². The van der Waals surface area contributed by atoms with Crippen LogP contribution in [-0.4, -0.2) is 38.9 Å². The number of imidazole rings is 1. The lowest BCUT2D eigenvalue weighted by Crippen LogP contribution is -2.27. The quantitative estimate of drug-likeness (QED) is 0.470. The molecule has 29 heavy (non-hydrogen) atoms. The summed E-state index contributed by atoms with van der Waals surface area (Å²) in [7, 11) is 0. The number of nitrogens with one attached hydrogen (secondary N) is 3. The molecule has 0 fully saturated rings. The van der Waals surface area contributed by atoms with Gasteiger partial charge < -0.3 is 21.4 Å². The highest BCUT2D eigenvalue weighted by Crippen LogP contribution is 2.25. The zero-order chi connectivity index (χ0) is 18.6. The van der Waals surface area contributed by atoms with Crippen molar-refractivity contribution in [2.24, 2.45) is 5.73 Å². The molecule has 10 heteroatoms. The molecule has 154 valence electrons. The van der Waals surface area contributed by atoms with Gasteiger partial charge in [0.1, 0.15) is 5.82 Å². The van der Waals surface area contributed by atoms with E-state index in [4.69, 9.17) is 15.7 Å². The second-order valence-corrected chi connectivity index (χ2v) is 6.44. The SMILES string of the molecule is Cl.Cl.NC(=O)c1ccc(-c2nc3c(c(NCCc4cnc[nH]4)n2)CCNC3)cc1. The van der Waals surface area contributed by atoms with E-state index in [-0.39, 0.29) is 24.8 Å². The molecule has 8 nitrogen and oxygen atoms in total. The molecule has 5 N–H and O–H groups in total. The molecule has 0 radical (unpaired) electrons. The molecule has 1 aromatic carbocycles. The average Bonchev–Trinajstić information content (AvgIpc) is 3.21. The Labute approximate surface area is 181 Å². The van der Waals surface area contributed by atoms with Crippen molar-refractivity contribution in [3.05, 3.63) is 59.3 Å². The molecule has 1 aliphatic heterocycles. The Bertz CT molecular complexity index is 946. The molecule has 1 aliphatic rings. The predicted octanol–water partition coefficient (Wildman–Crippen LogP) is 2.11. The highest BCUT2D eigenvalue weighted by atomic mass is 35.5. The number of carbonyl (C=O) groups excluding carboxylic acids is 1. The highest BCUT2D eigenvalue weighted by molar-refractivity contribution is 5.93. The maximum atomic E-state index is 11.3. The van der Waals surface area contributed by atoms with Crippen LogP contribution >= 0.6 is 24.8 Å². The molecule has 4 rings (SSSR count). The standard InChI is InChI=1S/C19H21N7O.2ClH/c20-17(27)12-1-3-13(4-2-12)18-25-16-10-21-7-6-15(16)19(26-18)23-8-5-14-9-22-11-24-14;;/h1-4,9,11,21H,5-8,10H2,(H2,20,27)(H,22,24)(H,23,25,26);2*1H. The van der Waals surface area contributed by atoms with Crippen molar-refractivity contribution in [1.29, 1.82) is 0 Å². The summed E-state index contributed by atoms with van der Waals surface area (Å²) in [6.45, 7) is 2.39. The summed E-state index contributed by atoms with van der Waals surface area (Å²) in [5.74, 6) is 1.06. The summed E-state index contributed by atoms with van der Waals surface area (Å²) in [5, 5.41) is 6.81. The van der Waals surface area contributed by atoms with Crippen LogP contribution in [0, 0.1) is 0 Å². The average molecular weight is 436 g/mol. The van der Waals surface area contributed by atoms with Crippen LogP contribution < -0.4 is 16.4 Å². The van der Waals surface area contributed by atoms with E-state index in [1.165, 1.54) is 0 Å². The van der Waals surface area contributed by atoms with Crippen molar-refractivity contribution in [2.75, 3.05) is 18.4 Å². The summed E-state index contributed by atoms with van der Waals surface area (Å²) < 4.78 is 0. The van der Waals surface area contributed by atoms with Crippen LogP contribution in [0.25, 0.3) is 11.4 Å². The predicted molar refractivity (Wildman–Crippen MR) is 117 cm³/mol. The zero-order valence-electron chi connectivity index (χ0n) is 15.6. The van der Waals surface area contributed by atoms with Gasteiger partial charge in [-0.1, -0.05) is 12.1 Å². The molecule has 0 spiro atoms. The van der Waals surface area contributed by atoms with Gasteiger partial charge >= 0.3 is 0 Å². The largest absolute Gasteiger partial charge is 0.369 e. The van der Waals surface area contributed by atoms with E-state index in [1.54, 1.807) is 18.5 Å². The first-order valence-corrected chi connectivity index (χ1v) is 8.92. The fourth-order valence-corrected chi connectivity index (χ4v) is 3.16. The molecule has 0 saturated carbocycles. The van der Waals surface area contributed by atoms with Gasteiger partial charge in [-0.2, -0.15) is 0 Å². The first-order valence-electron chi connectivity index (χ1n) is 8.92. The lowest BCUT2D eigenvalue weighted by atomic mass is 10.1. The van der Waals surface area contributed by atoms with Gasteiger partial charge in [0.15, 0.2) is 5.82 Å². The topological polar surface area (TPSA) is 122 Å². The lowest BCUT2D eigenvalue weighted by molar-refractivity contribution is 0.100. The molecule has 3 aromatic rings. The molecule has 3 heterocycles. The number of aromatic amines is 1. The Morgan fingerprint density at radius 2 is 1.97 bits per heavy atom. The van der Waals surface area contributed by atoms with Gasteiger partial charge in [-0.05, 0) is 25.1 Å². The van der Waals surface area contributed by atoms with E-state index in [1.807, 2.05) is 18.3 Å². The van der Waals surface area contributed by atoms with Crippen LogP contribution in [0.1, 0.15) is 27.3 Å². The molecule has 2 aromatic heterocycles. The van der Waals surface area contributed by atoms with E-state index in [0.717, 1.165) is 60.8 Å². The van der Waals surface area contributed by atoms with Gasteiger partial charge in [-0.15, -0.1) is 24.8 Å². The molecular weight excluding hydrogens is 413 g/mol. The van der Waals surface area contributed by atoms with Crippen LogP contribution in [0.15, 0.2) is 36.8 Å². The summed E-state index contributed by atoms with van der Waals surface area (Å²) in [6, 6.07) is 7.05. The third kappa shape index (κ3) is 5.23. The fourth-order valence-electron chi connectivity index (χ4n) is 3.16. The van der Waals surface area contributed by atoms with Crippen molar-refractivity contribution < 1.29 is 4.79 Å². The van der Waals surface area contributed by atoms with Gasteiger partial charge in [0.05, 0.1) is 12.0 Å². The van der Waals surface area contributed by atoms with E-state index in [0.29, 0.717) is 11.4 Å². The van der Waals surface area contributed by atoms with Gasteiger partial charge in [-0.3, -0.25) is 4.79 Å². The number of fused-ring (bicyclic) bond motifs is 1. The van der Waals surface area contributed by atoms with E-state index >= 15 is 0 Å². The normalized spacial score (nSPS) is 12.3. The third-order valence-corrected chi connectivity index (χ3v) is 4.61. The third-order valence-electron chi connectivity index (χ3n) is 4.61. The number of aromatic nitrogens is 4. The Morgan fingerprint density at radius 1 is 1.17 bits per heavy atom. The number of nitrogens with two attached hydrogens (primary N) is 1. The molecule has 0 atom stereocenters. The number of amides is 1. The summed E-state index contributed by atoms with van der Waals surface area (Å²) in [6.07, 6.45) is 5.23. The maximum Gasteiger partial charge on any atom is 0.248 e. The molecular formula is C19H23Cl2N7O. The van der Waals surface area contributed by atoms with Crippen molar-refractivity contribution in [3.63, 3.8) is 0 Å². The van der Waals surface area contributed by atoms with Crippen molar-refractivity contribution in [1.82, 2.24) is 25.3 Å². The van der Waals surface area contributed by atoms with Crippen LogP contribution in [0.5, 0.6) is 0 Å². The first kappa shape index (κ1) is 22.6. The Kier molecular flexibility index (Phi) is 7.95. The maximum absolute atomic E-state index is 11.3. The molecule has 0 aliphatic carbocycles. The molecule has 0 unspecified atom stereocenters. The number of hydrogen-bond acceptors (Lipinski definition) is 6. The van der Waals surface area contributed by atoms with Crippen LogP contribution in [0.2, 0.25) is 0 Å². The van der Waals surface area contributed by atoms with E-state index in [9.17, 15) is 4.79 Å². The van der Waals surface area contributed by atoms with Gasteiger partial charge in [0.2, 0.25) is 5.91 Å². The number of primary amides is 1. The van der Waals surface area contributed by atoms with Crippen molar-refractivity contribution in [2.45, 2.75) is 19.4 Å². The number of hydrogen-bond donors (Lipinski definition) is 4. The lowest BCUT2D eigenvalue weighted by Gasteiger charge is -2.20. The molecule has 0 bridgehead atoms. The number of carbonyl (C=O) groups is 1. The number of benzene rings is 1. The van der Waals surface area contributed by atoms with Gasteiger partial charge in [-0.25, -0.2) is 15.0 Å². The Hall–Kier alpha value is -2.68. The summed E-state index contributed by atoms with van der Waals surface area (Å²) >= 11 is 0. The monoisotopic (exact) mass is 435 g/mol. The number of nitrogens with zero attached hydrogens (tertiary/aromatic N) is 3. The number of halogens is 2. The zero-order valence-corrected chi connectivity index (χ0v) is 17.3. The molecule has 0 saturated heterocycles. The van der Waals surface area contributed by atoms with Gasteiger partial charge in [0.25, 0.3) is 0 Å². The Morgan fingerprint density at radius 3 is 2.66 bits per heavy atom. The second kappa shape index (κ2) is 10.2. The fraction of sp³-hybridized carbons (Fsp3) is 0.263. The van der Waals surface area contributed by atoms with E-state index in [2.05, 4.69) is 20.6 Å². The van der Waals surface area contributed by atoms with Crippen LogP contribution in [-0.2, 0) is 19.4 Å². The van der Waals surface area contributed by atoms with Crippen LogP contribution in [0.3, 0.4) is 0 Å².